The minimum absolute atomic E-state index is 0.0381. The van der Waals surface area contributed by atoms with Crippen LogP contribution in [0.5, 0.6) is 0 Å². The molecule has 1 aliphatic rings. The third-order valence-electron chi connectivity index (χ3n) is 5.87. The average Bonchev–Trinajstić information content (AvgIpc) is 2.70. The second kappa shape index (κ2) is 8.86. The topological polar surface area (TPSA) is 76.1 Å². The quantitative estimate of drug-likeness (QED) is 0.540. The van der Waals surface area contributed by atoms with Crippen LogP contribution in [-0.2, 0) is 22.2 Å². The van der Waals surface area contributed by atoms with Crippen molar-refractivity contribution < 1.29 is 39.6 Å². The Hall–Kier alpha value is -2.63. The first-order valence-corrected chi connectivity index (χ1v) is 11.7. The molecule has 1 saturated carbocycles. The second-order valence-electron chi connectivity index (χ2n) is 8.93. The molecule has 1 aromatic heterocycles. The number of aromatic nitrogens is 1. The van der Waals surface area contributed by atoms with Crippen molar-refractivity contribution in [3.8, 4) is 0 Å². The Morgan fingerprint density at radius 2 is 1.68 bits per heavy atom. The maximum Gasteiger partial charge on any atom is 0.433 e. The zero-order valence-corrected chi connectivity index (χ0v) is 19.0. The number of nitrogens with one attached hydrogen (secondary N) is 1. The van der Waals surface area contributed by atoms with Crippen LogP contribution in [0.4, 0.5) is 26.3 Å². The number of hydrogen-bond acceptors (Lipinski definition) is 4. The van der Waals surface area contributed by atoms with E-state index in [-0.39, 0.29) is 23.9 Å². The first kappa shape index (κ1) is 26.0. The van der Waals surface area contributed by atoms with Crippen LogP contribution in [0.2, 0.25) is 0 Å². The minimum Gasteiger partial charge on any atom is -0.349 e. The molecule has 1 N–H and O–H groups in total. The summed E-state index contributed by atoms with van der Waals surface area (Å²) >= 11 is 0. The number of benzene rings is 1. The summed E-state index contributed by atoms with van der Waals surface area (Å²) in [6.07, 6.45) is -7.42. The van der Waals surface area contributed by atoms with E-state index in [1.165, 1.54) is 13.8 Å². The summed E-state index contributed by atoms with van der Waals surface area (Å²) in [6, 6.07) is 5.04. The zero-order valence-electron chi connectivity index (χ0n) is 18.2. The van der Waals surface area contributed by atoms with Gasteiger partial charge in [-0.25, -0.2) is 8.42 Å². The average molecular weight is 508 g/mol. The Morgan fingerprint density at radius 1 is 1.03 bits per heavy atom. The molecule has 1 heterocycles. The highest BCUT2D eigenvalue weighted by molar-refractivity contribution is 7.92. The van der Waals surface area contributed by atoms with Crippen LogP contribution in [0.15, 0.2) is 47.5 Å². The molecular weight excluding hydrogens is 486 g/mol. The predicted molar refractivity (Wildman–Crippen MR) is 111 cm³/mol. The summed E-state index contributed by atoms with van der Waals surface area (Å²) in [7, 11) is -4.08. The fourth-order valence-corrected chi connectivity index (χ4v) is 5.58. The number of alkyl halides is 6. The van der Waals surface area contributed by atoms with Crippen molar-refractivity contribution in [3.63, 3.8) is 0 Å². The van der Waals surface area contributed by atoms with Gasteiger partial charge < -0.3 is 5.32 Å². The molecule has 0 aliphatic heterocycles. The van der Waals surface area contributed by atoms with Crippen LogP contribution < -0.4 is 5.32 Å². The summed E-state index contributed by atoms with van der Waals surface area (Å²) in [5.74, 6) is -0.702. The monoisotopic (exact) mass is 508 g/mol. The lowest BCUT2D eigenvalue weighted by atomic mass is 9.75. The Kier molecular flexibility index (Phi) is 6.77. The highest BCUT2D eigenvalue weighted by atomic mass is 32.2. The third-order valence-corrected chi connectivity index (χ3v) is 8.36. The molecule has 0 spiro atoms. The van der Waals surface area contributed by atoms with Crippen LogP contribution >= 0.6 is 0 Å². The molecule has 3 rings (SSSR count). The molecule has 1 aromatic carbocycles. The number of rotatable bonds is 6. The van der Waals surface area contributed by atoms with Gasteiger partial charge in [-0.1, -0.05) is 6.07 Å². The van der Waals surface area contributed by atoms with E-state index in [0.29, 0.717) is 25.0 Å². The van der Waals surface area contributed by atoms with E-state index in [2.05, 4.69) is 10.3 Å². The van der Waals surface area contributed by atoms with E-state index in [9.17, 15) is 39.6 Å². The van der Waals surface area contributed by atoms with Crippen LogP contribution in [0.25, 0.3) is 0 Å². The summed E-state index contributed by atoms with van der Waals surface area (Å²) in [4.78, 5) is 15.1. The van der Waals surface area contributed by atoms with Gasteiger partial charge in [0, 0.05) is 12.2 Å². The van der Waals surface area contributed by atoms with Gasteiger partial charge >= 0.3 is 12.4 Å². The summed E-state index contributed by atoms with van der Waals surface area (Å²) in [6.45, 7) is 2.89. The maximum atomic E-state index is 13.0. The summed E-state index contributed by atoms with van der Waals surface area (Å²) in [5, 5.41) is 2.67. The number of hydrogen-bond donors (Lipinski definition) is 1. The lowest BCUT2D eigenvalue weighted by molar-refractivity contribution is -0.141. The Bertz CT molecular complexity index is 1150. The maximum absolute atomic E-state index is 13.0. The van der Waals surface area contributed by atoms with Crippen molar-refractivity contribution in [1.82, 2.24) is 10.3 Å². The van der Waals surface area contributed by atoms with Gasteiger partial charge in [0.2, 0.25) is 0 Å². The highest BCUT2D eigenvalue weighted by Crippen LogP contribution is 2.40. The molecule has 34 heavy (non-hydrogen) atoms. The SMILES string of the molecule is CC(C)(C[C@H]1C[C@@H](NC(=O)c2ccc(C(F)(F)F)nc2)C1)S(=O)(=O)c1cccc(C(F)(F)F)c1. The Labute approximate surface area is 192 Å². The third kappa shape index (κ3) is 5.53. The van der Waals surface area contributed by atoms with Crippen molar-refractivity contribution >= 4 is 15.7 Å². The number of carbonyl (C=O) groups excluding carboxylic acids is 1. The fourth-order valence-electron chi connectivity index (χ4n) is 3.95. The lowest BCUT2D eigenvalue weighted by Crippen LogP contribution is -2.47. The van der Waals surface area contributed by atoms with Crippen molar-refractivity contribution in [3.05, 3.63) is 59.4 Å². The number of sulfone groups is 1. The number of pyridine rings is 1. The molecule has 1 fully saturated rings. The Morgan fingerprint density at radius 3 is 2.21 bits per heavy atom. The summed E-state index contributed by atoms with van der Waals surface area (Å²) in [5.41, 5.74) is -2.20. The number of carbonyl (C=O) groups is 1. The number of nitrogens with zero attached hydrogens (tertiary/aromatic N) is 1. The number of amides is 1. The minimum atomic E-state index is -4.67. The molecule has 5 nitrogen and oxygen atoms in total. The van der Waals surface area contributed by atoms with Gasteiger partial charge in [0.25, 0.3) is 5.91 Å². The molecule has 0 bridgehead atoms. The fraction of sp³-hybridized carbons (Fsp3) is 0.455. The van der Waals surface area contributed by atoms with Gasteiger partial charge in [-0.05, 0) is 69.4 Å². The van der Waals surface area contributed by atoms with E-state index in [1.807, 2.05) is 0 Å². The first-order chi connectivity index (χ1) is 15.5. The van der Waals surface area contributed by atoms with Crippen molar-refractivity contribution in [2.75, 3.05) is 0 Å². The molecule has 1 amide bonds. The van der Waals surface area contributed by atoms with E-state index < -0.39 is 49.0 Å². The second-order valence-corrected chi connectivity index (χ2v) is 11.5. The molecule has 2 aromatic rings. The highest BCUT2D eigenvalue weighted by Gasteiger charge is 2.43. The molecule has 0 unspecified atom stereocenters. The lowest BCUT2D eigenvalue weighted by Gasteiger charge is -2.40. The molecule has 0 saturated heterocycles. The van der Waals surface area contributed by atoms with Crippen LogP contribution in [0, 0.1) is 5.92 Å². The molecular formula is C22H22F6N2O3S. The first-order valence-electron chi connectivity index (χ1n) is 10.3. The smallest absolute Gasteiger partial charge is 0.349 e. The van der Waals surface area contributed by atoms with Crippen LogP contribution in [0.3, 0.4) is 0 Å². The van der Waals surface area contributed by atoms with E-state index in [0.717, 1.165) is 30.5 Å². The number of halogens is 6. The zero-order chi connectivity index (χ0) is 25.5. The van der Waals surface area contributed by atoms with Crippen molar-refractivity contribution in [1.29, 1.82) is 0 Å². The van der Waals surface area contributed by atoms with E-state index in [1.54, 1.807) is 0 Å². The summed E-state index contributed by atoms with van der Waals surface area (Å²) < 4.78 is 101. The molecule has 1 aliphatic carbocycles. The predicted octanol–water partition coefficient (Wildman–Crippen LogP) is 5.27. The van der Waals surface area contributed by atoms with Crippen molar-refractivity contribution in [2.45, 2.75) is 61.1 Å². The van der Waals surface area contributed by atoms with Crippen LogP contribution in [-0.4, -0.2) is 30.1 Å². The normalized spacial score (nSPS) is 19.4. The van der Waals surface area contributed by atoms with Crippen LogP contribution in [0.1, 0.15) is 54.7 Å². The van der Waals surface area contributed by atoms with Gasteiger partial charge in [0.1, 0.15) is 5.69 Å². The standard InChI is InChI=1S/C22H22F6N2O3S/c1-20(2,34(32,33)17-5-3-4-15(10-17)21(23,24)25)11-13-8-16(9-13)30-19(31)14-6-7-18(29-12-14)22(26,27)28/h3-7,10,12-13,16H,8-9,11H2,1-2H3,(H,30,31)/t13-,16+. The van der Waals surface area contributed by atoms with E-state index in [4.69, 9.17) is 0 Å². The van der Waals surface area contributed by atoms with Crippen molar-refractivity contribution in [2.24, 2.45) is 5.92 Å². The van der Waals surface area contributed by atoms with Gasteiger partial charge in [0.15, 0.2) is 9.84 Å². The van der Waals surface area contributed by atoms with Gasteiger partial charge in [-0.15, -0.1) is 0 Å². The van der Waals surface area contributed by atoms with Gasteiger partial charge in [-0.2, -0.15) is 26.3 Å². The molecule has 12 heteroatoms. The molecule has 186 valence electrons. The molecule has 0 atom stereocenters. The van der Waals surface area contributed by atoms with E-state index >= 15 is 0 Å². The van der Waals surface area contributed by atoms with Gasteiger partial charge in [0.05, 0.1) is 20.8 Å². The largest absolute Gasteiger partial charge is 0.433 e. The van der Waals surface area contributed by atoms with Gasteiger partial charge in [-0.3, -0.25) is 9.78 Å². The Balaban J connectivity index is 1.59. The molecule has 0 radical (unpaired) electrons.